The fourth-order valence-corrected chi connectivity index (χ4v) is 1.37. The van der Waals surface area contributed by atoms with Crippen molar-refractivity contribution in [1.82, 2.24) is 10.6 Å². The highest BCUT2D eigenvalue weighted by atomic mass is 19.1. The Kier molecular flexibility index (Phi) is 4.92. The number of hydrogen-bond donors (Lipinski definition) is 2. The molecule has 1 aromatic rings. The number of amides is 1. The molecule has 0 fully saturated rings. The van der Waals surface area contributed by atoms with Crippen LogP contribution in [0.5, 0.6) is 0 Å². The van der Waals surface area contributed by atoms with Crippen molar-refractivity contribution in [3.63, 3.8) is 0 Å². The second kappa shape index (κ2) is 6.23. The van der Waals surface area contributed by atoms with Gasteiger partial charge in [0.1, 0.15) is 5.82 Å². The zero-order valence-electron chi connectivity index (χ0n) is 9.59. The topological polar surface area (TPSA) is 41.1 Å². The zero-order valence-corrected chi connectivity index (χ0v) is 9.59. The summed E-state index contributed by atoms with van der Waals surface area (Å²) in [6.07, 6.45) is 0. The van der Waals surface area contributed by atoms with Crippen LogP contribution in [0.3, 0.4) is 0 Å². The molecule has 0 bridgehead atoms. The molecule has 0 aromatic heterocycles. The Balaban J connectivity index is 2.48. The van der Waals surface area contributed by atoms with Gasteiger partial charge in [-0.3, -0.25) is 4.79 Å². The van der Waals surface area contributed by atoms with E-state index in [0.717, 1.165) is 12.1 Å². The van der Waals surface area contributed by atoms with E-state index < -0.39 is 0 Å². The number of benzene rings is 1. The lowest BCUT2D eigenvalue weighted by Crippen LogP contribution is -2.35. The standard InChI is InChI=1S/C12H17FN2O/c1-3-14-8-12(16)15-9(2)10-4-6-11(13)7-5-10/h4-7,9,14H,3,8H2,1-2H3,(H,15,16)/t9-/m0/s1. The van der Waals surface area contributed by atoms with Crippen LogP contribution < -0.4 is 10.6 Å². The number of carbonyl (C=O) groups excluding carboxylic acids is 1. The summed E-state index contributed by atoms with van der Waals surface area (Å²) in [6, 6.07) is 6.03. The quantitative estimate of drug-likeness (QED) is 0.798. The largest absolute Gasteiger partial charge is 0.348 e. The highest BCUT2D eigenvalue weighted by molar-refractivity contribution is 5.78. The van der Waals surface area contributed by atoms with Gasteiger partial charge in [0.15, 0.2) is 0 Å². The van der Waals surface area contributed by atoms with Crippen LogP contribution in [0.4, 0.5) is 4.39 Å². The van der Waals surface area contributed by atoms with Gasteiger partial charge in [0.2, 0.25) is 5.91 Å². The summed E-state index contributed by atoms with van der Waals surface area (Å²) in [7, 11) is 0. The lowest BCUT2D eigenvalue weighted by molar-refractivity contribution is -0.120. The molecule has 0 radical (unpaired) electrons. The van der Waals surface area contributed by atoms with Crippen LogP contribution in [0.15, 0.2) is 24.3 Å². The molecule has 0 spiro atoms. The summed E-state index contributed by atoms with van der Waals surface area (Å²) in [5, 5.41) is 5.77. The molecule has 16 heavy (non-hydrogen) atoms. The lowest BCUT2D eigenvalue weighted by Gasteiger charge is -2.14. The third-order valence-corrected chi connectivity index (χ3v) is 2.28. The predicted molar refractivity (Wildman–Crippen MR) is 61.5 cm³/mol. The molecule has 0 aliphatic rings. The number of halogens is 1. The van der Waals surface area contributed by atoms with E-state index in [2.05, 4.69) is 10.6 Å². The second-order valence-electron chi connectivity index (χ2n) is 3.62. The maximum absolute atomic E-state index is 12.7. The van der Waals surface area contributed by atoms with Crippen LogP contribution in [0, 0.1) is 5.82 Å². The Morgan fingerprint density at radius 1 is 1.38 bits per heavy atom. The Morgan fingerprint density at radius 2 is 2.00 bits per heavy atom. The Hall–Kier alpha value is -1.42. The van der Waals surface area contributed by atoms with Gasteiger partial charge < -0.3 is 10.6 Å². The van der Waals surface area contributed by atoms with Crippen LogP contribution in [0.1, 0.15) is 25.5 Å². The average molecular weight is 224 g/mol. The van der Waals surface area contributed by atoms with Crippen LogP contribution in [-0.2, 0) is 4.79 Å². The van der Waals surface area contributed by atoms with Crippen LogP contribution >= 0.6 is 0 Å². The Bertz CT molecular complexity index is 337. The maximum Gasteiger partial charge on any atom is 0.234 e. The lowest BCUT2D eigenvalue weighted by atomic mass is 10.1. The van der Waals surface area contributed by atoms with Crippen molar-refractivity contribution in [2.24, 2.45) is 0 Å². The molecule has 88 valence electrons. The number of hydrogen-bond acceptors (Lipinski definition) is 2. The molecule has 0 heterocycles. The van der Waals surface area contributed by atoms with Crippen molar-refractivity contribution in [3.8, 4) is 0 Å². The summed E-state index contributed by atoms with van der Waals surface area (Å²) in [6.45, 7) is 4.88. The van der Waals surface area contributed by atoms with E-state index in [1.54, 1.807) is 12.1 Å². The number of rotatable bonds is 5. The normalized spacial score (nSPS) is 12.2. The van der Waals surface area contributed by atoms with E-state index in [0.29, 0.717) is 6.54 Å². The second-order valence-corrected chi connectivity index (χ2v) is 3.62. The number of nitrogens with one attached hydrogen (secondary N) is 2. The van der Waals surface area contributed by atoms with E-state index in [1.807, 2.05) is 13.8 Å². The van der Waals surface area contributed by atoms with Crippen molar-refractivity contribution < 1.29 is 9.18 Å². The fraction of sp³-hybridized carbons (Fsp3) is 0.417. The maximum atomic E-state index is 12.7. The van der Waals surface area contributed by atoms with Gasteiger partial charge in [-0.05, 0) is 31.2 Å². The molecular formula is C12H17FN2O. The van der Waals surface area contributed by atoms with Gasteiger partial charge in [-0.15, -0.1) is 0 Å². The highest BCUT2D eigenvalue weighted by Gasteiger charge is 2.08. The Labute approximate surface area is 95.0 Å². The minimum atomic E-state index is -0.269. The van der Waals surface area contributed by atoms with Gasteiger partial charge in [-0.25, -0.2) is 4.39 Å². The summed E-state index contributed by atoms with van der Waals surface area (Å²) in [4.78, 5) is 11.4. The van der Waals surface area contributed by atoms with Gasteiger partial charge in [0.25, 0.3) is 0 Å². The highest BCUT2D eigenvalue weighted by Crippen LogP contribution is 2.12. The summed E-state index contributed by atoms with van der Waals surface area (Å²) >= 11 is 0. The minimum Gasteiger partial charge on any atom is -0.348 e. The van der Waals surface area contributed by atoms with E-state index in [-0.39, 0.29) is 17.8 Å². The smallest absolute Gasteiger partial charge is 0.234 e. The molecule has 0 aliphatic carbocycles. The first-order valence-corrected chi connectivity index (χ1v) is 5.39. The summed E-state index contributed by atoms with van der Waals surface area (Å²) in [5.74, 6) is -0.325. The predicted octanol–water partition coefficient (Wildman–Crippen LogP) is 1.61. The minimum absolute atomic E-state index is 0.0568. The first-order chi connectivity index (χ1) is 7.63. The van der Waals surface area contributed by atoms with Gasteiger partial charge in [-0.1, -0.05) is 19.1 Å². The number of carbonyl (C=O) groups is 1. The van der Waals surface area contributed by atoms with Gasteiger partial charge in [0, 0.05) is 0 Å². The number of likely N-dealkylation sites (N-methyl/N-ethyl adjacent to an activating group) is 1. The van der Waals surface area contributed by atoms with Crippen molar-refractivity contribution in [2.75, 3.05) is 13.1 Å². The van der Waals surface area contributed by atoms with Gasteiger partial charge in [-0.2, -0.15) is 0 Å². The van der Waals surface area contributed by atoms with E-state index in [9.17, 15) is 9.18 Å². The molecule has 1 atom stereocenters. The Morgan fingerprint density at radius 3 is 2.56 bits per heavy atom. The monoisotopic (exact) mass is 224 g/mol. The molecule has 3 nitrogen and oxygen atoms in total. The molecule has 0 saturated heterocycles. The first-order valence-electron chi connectivity index (χ1n) is 5.39. The van der Waals surface area contributed by atoms with E-state index in [4.69, 9.17) is 0 Å². The molecule has 1 aromatic carbocycles. The molecule has 0 aliphatic heterocycles. The third kappa shape index (κ3) is 3.98. The van der Waals surface area contributed by atoms with Crippen LogP contribution in [0.2, 0.25) is 0 Å². The van der Waals surface area contributed by atoms with Crippen molar-refractivity contribution in [2.45, 2.75) is 19.9 Å². The molecule has 1 amide bonds. The molecule has 4 heteroatoms. The van der Waals surface area contributed by atoms with Gasteiger partial charge >= 0.3 is 0 Å². The molecular weight excluding hydrogens is 207 g/mol. The molecule has 0 unspecified atom stereocenters. The first kappa shape index (κ1) is 12.6. The summed E-state index contributed by atoms with van der Waals surface area (Å²) < 4.78 is 12.7. The summed E-state index contributed by atoms with van der Waals surface area (Å²) in [5.41, 5.74) is 0.895. The molecule has 1 rings (SSSR count). The molecule has 2 N–H and O–H groups in total. The van der Waals surface area contributed by atoms with Crippen LogP contribution in [-0.4, -0.2) is 19.0 Å². The zero-order chi connectivity index (χ0) is 12.0. The van der Waals surface area contributed by atoms with E-state index in [1.165, 1.54) is 12.1 Å². The van der Waals surface area contributed by atoms with Crippen molar-refractivity contribution >= 4 is 5.91 Å². The third-order valence-electron chi connectivity index (χ3n) is 2.28. The average Bonchev–Trinajstić information content (AvgIpc) is 2.27. The fourth-order valence-electron chi connectivity index (χ4n) is 1.37. The SMILES string of the molecule is CCNCC(=O)N[C@@H](C)c1ccc(F)cc1. The molecule has 0 saturated carbocycles. The van der Waals surface area contributed by atoms with Gasteiger partial charge in [0.05, 0.1) is 12.6 Å². The van der Waals surface area contributed by atoms with Crippen molar-refractivity contribution in [1.29, 1.82) is 0 Å². The van der Waals surface area contributed by atoms with E-state index >= 15 is 0 Å². The van der Waals surface area contributed by atoms with Crippen LogP contribution in [0.25, 0.3) is 0 Å². The van der Waals surface area contributed by atoms with Crippen molar-refractivity contribution in [3.05, 3.63) is 35.6 Å².